The van der Waals surface area contributed by atoms with Crippen molar-refractivity contribution in [1.82, 2.24) is 9.55 Å². The summed E-state index contributed by atoms with van der Waals surface area (Å²) in [6.45, 7) is 6.75. The van der Waals surface area contributed by atoms with Crippen LogP contribution in [0.25, 0.3) is 0 Å². The highest BCUT2D eigenvalue weighted by Crippen LogP contribution is 2.43. The molecule has 3 N–H and O–H groups in total. The maximum atomic E-state index is 13.8. The van der Waals surface area contributed by atoms with Crippen LogP contribution < -0.4 is 31.0 Å². The number of ether oxygens (including phenoxy) is 7. The van der Waals surface area contributed by atoms with Gasteiger partial charge in [0, 0.05) is 19.5 Å². The summed E-state index contributed by atoms with van der Waals surface area (Å²) in [6.07, 6.45) is -4.81. The van der Waals surface area contributed by atoms with Crippen LogP contribution in [0, 0.1) is 0 Å². The molecule has 0 aliphatic carbocycles. The lowest BCUT2D eigenvalue weighted by atomic mass is 9.80. The highest BCUT2D eigenvalue weighted by molar-refractivity contribution is 5.90. The number of anilines is 1. The highest BCUT2D eigenvalue weighted by Gasteiger charge is 2.52. The molecule has 1 fully saturated rings. The minimum atomic E-state index is -1.42. The highest BCUT2D eigenvalue weighted by atomic mass is 16.7. The smallest absolute Gasteiger partial charge is 0.351 e. The Kier molecular flexibility index (Phi) is 14.8. The molecule has 64 heavy (non-hydrogen) atoms. The quantitative estimate of drug-likeness (QED) is 0.0815. The second kappa shape index (κ2) is 20.4. The molecule has 6 rings (SSSR count). The molecule has 4 aromatic carbocycles. The zero-order valence-electron chi connectivity index (χ0n) is 36.5. The van der Waals surface area contributed by atoms with Gasteiger partial charge in [0.2, 0.25) is 5.91 Å². The number of nitrogens with one attached hydrogen (secondary N) is 1. The third-order valence-electron chi connectivity index (χ3n) is 10.5. The first kappa shape index (κ1) is 46.5. The fourth-order valence-electron chi connectivity index (χ4n) is 7.30. The lowest BCUT2D eigenvalue weighted by molar-refractivity contribution is -0.168. The number of esters is 2. The van der Waals surface area contributed by atoms with E-state index < -0.39 is 59.6 Å². The number of hydrogen-bond donors (Lipinski definition) is 2. The molecule has 1 aliphatic heterocycles. The van der Waals surface area contributed by atoms with Crippen molar-refractivity contribution in [1.29, 1.82) is 0 Å². The van der Waals surface area contributed by atoms with Crippen LogP contribution in [0.3, 0.4) is 0 Å². The van der Waals surface area contributed by atoms with Crippen molar-refractivity contribution in [2.45, 2.75) is 76.1 Å². The molecular formula is C48H52N4O12. The van der Waals surface area contributed by atoms with Gasteiger partial charge in [-0.2, -0.15) is 4.98 Å². The maximum absolute atomic E-state index is 13.8. The van der Waals surface area contributed by atoms with Crippen LogP contribution in [0.4, 0.5) is 5.82 Å². The van der Waals surface area contributed by atoms with Crippen LogP contribution in [0.5, 0.6) is 17.2 Å². The number of nitrogens with zero attached hydrogens (tertiary/aromatic N) is 2. The SMILES string of the molecule is COc1ccc(C(OC[C@H]2O[C@@H](n3ccc(NC(=O)COc4ccc(C(C)(C)C)cc4)nc3=O)[C@H](OC(C)=O)[C@@H]2OC(=O)CCC(N)=O)(c2ccccc2)c2ccc(OC)cc2)cc1. The molecule has 0 saturated carbocycles. The molecule has 5 aromatic rings. The first-order valence-corrected chi connectivity index (χ1v) is 20.5. The van der Waals surface area contributed by atoms with E-state index in [0.717, 1.165) is 17.1 Å². The zero-order valence-corrected chi connectivity index (χ0v) is 36.5. The minimum absolute atomic E-state index is 0.0559. The predicted octanol–water partition coefficient (Wildman–Crippen LogP) is 5.59. The fourth-order valence-corrected chi connectivity index (χ4v) is 7.30. The van der Waals surface area contributed by atoms with Crippen LogP contribution in [-0.2, 0) is 49.1 Å². The van der Waals surface area contributed by atoms with E-state index in [-0.39, 0.29) is 37.3 Å². The minimum Gasteiger partial charge on any atom is -0.497 e. The topological polar surface area (TPSA) is 206 Å². The van der Waals surface area contributed by atoms with Crippen molar-refractivity contribution in [2.75, 3.05) is 32.8 Å². The average molecular weight is 877 g/mol. The second-order valence-electron chi connectivity index (χ2n) is 16.0. The van der Waals surface area contributed by atoms with Crippen molar-refractivity contribution in [2.24, 2.45) is 5.73 Å². The van der Waals surface area contributed by atoms with Gasteiger partial charge in [-0.15, -0.1) is 0 Å². The van der Waals surface area contributed by atoms with Crippen molar-refractivity contribution in [3.8, 4) is 17.2 Å². The largest absolute Gasteiger partial charge is 0.497 e. The Morgan fingerprint density at radius 1 is 0.734 bits per heavy atom. The van der Waals surface area contributed by atoms with Crippen LogP contribution in [0.1, 0.15) is 69.0 Å². The number of nitrogens with two attached hydrogens (primary N) is 1. The summed E-state index contributed by atoms with van der Waals surface area (Å²) in [5, 5.41) is 2.56. The first-order chi connectivity index (χ1) is 30.6. The summed E-state index contributed by atoms with van der Waals surface area (Å²) in [6, 6.07) is 32.8. The number of carbonyl (C=O) groups is 4. The number of benzene rings is 4. The fraction of sp³-hybridized carbons (Fsp3) is 0.333. The average Bonchev–Trinajstić information content (AvgIpc) is 3.60. The Morgan fingerprint density at radius 3 is 1.83 bits per heavy atom. The number of rotatable bonds is 18. The van der Waals surface area contributed by atoms with Crippen molar-refractivity contribution in [3.63, 3.8) is 0 Å². The summed E-state index contributed by atoms with van der Waals surface area (Å²) in [5.74, 6) is -1.30. The first-order valence-electron chi connectivity index (χ1n) is 20.5. The van der Waals surface area contributed by atoms with Gasteiger partial charge in [-0.3, -0.25) is 23.7 Å². The Bertz CT molecular complexity index is 2400. The van der Waals surface area contributed by atoms with E-state index in [0.29, 0.717) is 33.9 Å². The van der Waals surface area contributed by atoms with Gasteiger partial charge in [-0.25, -0.2) is 4.79 Å². The normalized spacial score (nSPS) is 17.2. The third-order valence-corrected chi connectivity index (χ3v) is 10.5. The van der Waals surface area contributed by atoms with E-state index in [1.165, 1.54) is 12.3 Å². The lowest BCUT2D eigenvalue weighted by Gasteiger charge is -2.37. The maximum Gasteiger partial charge on any atom is 0.351 e. The molecule has 0 bridgehead atoms. The summed E-state index contributed by atoms with van der Waals surface area (Å²) < 4.78 is 42.9. The molecule has 0 spiro atoms. The predicted molar refractivity (Wildman–Crippen MR) is 234 cm³/mol. The molecule has 4 atom stereocenters. The number of carbonyl (C=O) groups excluding carboxylic acids is 4. The molecule has 0 unspecified atom stereocenters. The van der Waals surface area contributed by atoms with Gasteiger partial charge in [0.15, 0.2) is 25.0 Å². The lowest BCUT2D eigenvalue weighted by Crippen LogP contribution is -2.43. The summed E-state index contributed by atoms with van der Waals surface area (Å²) in [4.78, 5) is 68.3. The molecule has 336 valence electrons. The van der Waals surface area contributed by atoms with Crippen LogP contribution in [-0.4, -0.2) is 79.0 Å². The van der Waals surface area contributed by atoms with Gasteiger partial charge in [0.1, 0.15) is 34.8 Å². The molecular weight excluding hydrogens is 825 g/mol. The Labute approximate surface area is 370 Å². The van der Waals surface area contributed by atoms with Gasteiger partial charge >= 0.3 is 17.6 Å². The third kappa shape index (κ3) is 11.1. The van der Waals surface area contributed by atoms with E-state index in [2.05, 4.69) is 31.1 Å². The zero-order chi connectivity index (χ0) is 46.0. The van der Waals surface area contributed by atoms with Crippen molar-refractivity contribution >= 4 is 29.6 Å². The molecule has 1 saturated heterocycles. The van der Waals surface area contributed by atoms with Crippen molar-refractivity contribution < 1.29 is 52.3 Å². The van der Waals surface area contributed by atoms with Gasteiger partial charge in [0.05, 0.1) is 27.2 Å². The van der Waals surface area contributed by atoms with Crippen LogP contribution >= 0.6 is 0 Å². The van der Waals surface area contributed by atoms with Gasteiger partial charge in [0.25, 0.3) is 5.91 Å². The second-order valence-corrected chi connectivity index (χ2v) is 16.0. The van der Waals surface area contributed by atoms with Gasteiger partial charge < -0.3 is 44.2 Å². The number of hydrogen-bond acceptors (Lipinski definition) is 13. The monoisotopic (exact) mass is 876 g/mol. The molecule has 2 heterocycles. The van der Waals surface area contributed by atoms with E-state index in [9.17, 15) is 24.0 Å². The molecule has 2 amide bonds. The van der Waals surface area contributed by atoms with E-state index in [1.54, 1.807) is 50.6 Å². The standard InChI is InChI=1S/C48H52N4O12/c1-30(53)62-44-43(64-42(56)25-24-39(49)54)38(63-45(44)52-27-26-40(51-46(52)57)50-41(55)29-60-37-22-12-31(13-23-37)47(2,3)4)28-61-48(32-10-8-7-9-11-32,33-14-18-35(58-5)19-15-33)34-16-20-36(59-6)21-17-34/h7-23,26-27,38,43-45H,24-25,28-29H2,1-6H3,(H2,49,54)(H,50,51,55,57)/t38-,43-,44-,45-/m1/s1. The Morgan fingerprint density at radius 2 is 1.30 bits per heavy atom. The van der Waals surface area contributed by atoms with Crippen molar-refractivity contribution in [3.05, 3.63) is 148 Å². The Hall–Kier alpha value is -7.04. The molecule has 16 heteroatoms. The van der Waals surface area contributed by atoms with Gasteiger partial charge in [-0.1, -0.05) is 87.5 Å². The number of methoxy groups -OCH3 is 2. The summed E-state index contributed by atoms with van der Waals surface area (Å²) in [7, 11) is 3.12. The van der Waals surface area contributed by atoms with E-state index in [4.69, 9.17) is 38.9 Å². The number of primary amides is 1. The van der Waals surface area contributed by atoms with E-state index >= 15 is 0 Å². The molecule has 0 radical (unpaired) electrons. The number of amides is 2. The molecule has 16 nitrogen and oxygen atoms in total. The van der Waals surface area contributed by atoms with Gasteiger partial charge in [-0.05, 0) is 70.1 Å². The summed E-state index contributed by atoms with van der Waals surface area (Å²) >= 11 is 0. The van der Waals surface area contributed by atoms with Crippen LogP contribution in [0.2, 0.25) is 0 Å². The number of aromatic nitrogens is 2. The summed E-state index contributed by atoms with van der Waals surface area (Å²) in [5.41, 5.74) is 6.22. The molecule has 1 aromatic heterocycles. The Balaban J connectivity index is 1.33. The van der Waals surface area contributed by atoms with E-state index in [1.807, 2.05) is 66.7 Å². The molecule has 1 aliphatic rings. The van der Waals surface area contributed by atoms with Crippen LogP contribution in [0.15, 0.2) is 120 Å².